The van der Waals surface area contributed by atoms with E-state index in [4.69, 9.17) is 4.74 Å². The van der Waals surface area contributed by atoms with Gasteiger partial charge < -0.3 is 10.1 Å². The quantitative estimate of drug-likeness (QED) is 0.681. The number of hydrogen-bond donors (Lipinski definition) is 1. The summed E-state index contributed by atoms with van der Waals surface area (Å²) in [5.41, 5.74) is 1.80. The van der Waals surface area contributed by atoms with Crippen molar-refractivity contribution in [3.8, 4) is 5.75 Å². The molecule has 0 fully saturated rings. The van der Waals surface area contributed by atoms with E-state index in [-0.39, 0.29) is 23.6 Å². The van der Waals surface area contributed by atoms with E-state index >= 15 is 0 Å². The summed E-state index contributed by atoms with van der Waals surface area (Å²) in [6, 6.07) is 19.4. The molecule has 0 saturated carbocycles. The zero-order valence-corrected chi connectivity index (χ0v) is 14.8. The first kappa shape index (κ1) is 18.6. The van der Waals surface area contributed by atoms with Gasteiger partial charge in [-0.15, -0.1) is 0 Å². The zero-order valence-electron chi connectivity index (χ0n) is 14.8. The first-order chi connectivity index (χ1) is 13.0. The number of nitrogens with one attached hydrogen (secondary N) is 1. The van der Waals surface area contributed by atoms with E-state index in [1.165, 1.54) is 19.1 Å². The topological polar surface area (TPSA) is 38.3 Å². The summed E-state index contributed by atoms with van der Waals surface area (Å²) in [7, 11) is 0. The van der Waals surface area contributed by atoms with Gasteiger partial charge in [-0.05, 0) is 42.3 Å². The molecule has 3 rings (SSSR count). The van der Waals surface area contributed by atoms with Crippen molar-refractivity contribution in [2.45, 2.75) is 20.1 Å². The second-order valence-corrected chi connectivity index (χ2v) is 6.15. The van der Waals surface area contributed by atoms with Crippen LogP contribution in [-0.4, -0.2) is 5.91 Å². The molecule has 3 aromatic rings. The van der Waals surface area contributed by atoms with Crippen molar-refractivity contribution in [3.05, 3.63) is 101 Å². The molecule has 27 heavy (non-hydrogen) atoms. The lowest BCUT2D eigenvalue weighted by atomic mass is 10.1. The zero-order chi connectivity index (χ0) is 19.2. The molecule has 0 unspecified atom stereocenters. The van der Waals surface area contributed by atoms with Crippen molar-refractivity contribution >= 4 is 5.91 Å². The Morgan fingerprint density at radius 2 is 1.63 bits per heavy atom. The number of amides is 1. The van der Waals surface area contributed by atoms with Crippen LogP contribution in [0.3, 0.4) is 0 Å². The average Bonchev–Trinajstić information content (AvgIpc) is 2.71. The Balaban J connectivity index is 1.57. The van der Waals surface area contributed by atoms with E-state index in [1.54, 1.807) is 24.3 Å². The minimum Gasteiger partial charge on any atom is -0.489 e. The Morgan fingerprint density at radius 1 is 0.926 bits per heavy atom. The van der Waals surface area contributed by atoms with Crippen LogP contribution in [0.1, 0.15) is 27.0 Å². The highest BCUT2D eigenvalue weighted by Crippen LogP contribution is 2.17. The van der Waals surface area contributed by atoms with Gasteiger partial charge in [-0.25, -0.2) is 8.78 Å². The van der Waals surface area contributed by atoms with Gasteiger partial charge in [0.2, 0.25) is 0 Å². The molecule has 3 nitrogen and oxygen atoms in total. The van der Waals surface area contributed by atoms with Crippen LogP contribution >= 0.6 is 0 Å². The second-order valence-electron chi connectivity index (χ2n) is 6.15. The fourth-order valence-corrected chi connectivity index (χ4v) is 2.54. The minimum absolute atomic E-state index is 0.0892. The SMILES string of the molecule is Cc1ccc(CNC(=O)c2ccc(OCc3ccccc3)cc2)c(F)c1F. The predicted molar refractivity (Wildman–Crippen MR) is 99.5 cm³/mol. The third kappa shape index (κ3) is 4.70. The Labute approximate surface area is 156 Å². The maximum atomic E-state index is 13.9. The van der Waals surface area contributed by atoms with Gasteiger partial charge in [-0.1, -0.05) is 42.5 Å². The number of benzene rings is 3. The average molecular weight is 367 g/mol. The smallest absolute Gasteiger partial charge is 0.251 e. The third-order valence-electron chi connectivity index (χ3n) is 4.16. The van der Waals surface area contributed by atoms with E-state index in [0.717, 1.165) is 5.56 Å². The maximum Gasteiger partial charge on any atom is 0.251 e. The van der Waals surface area contributed by atoms with E-state index < -0.39 is 11.6 Å². The van der Waals surface area contributed by atoms with Crippen LogP contribution in [-0.2, 0) is 13.2 Å². The molecule has 138 valence electrons. The number of rotatable bonds is 6. The minimum atomic E-state index is -0.931. The number of halogens is 2. The molecule has 0 atom stereocenters. The van der Waals surface area contributed by atoms with Crippen LogP contribution in [0.4, 0.5) is 8.78 Å². The predicted octanol–water partition coefficient (Wildman–Crippen LogP) is 4.78. The summed E-state index contributed by atoms with van der Waals surface area (Å²) in [5, 5.41) is 2.59. The molecule has 1 N–H and O–H groups in total. The van der Waals surface area contributed by atoms with Crippen LogP contribution < -0.4 is 10.1 Å². The molecule has 0 aliphatic carbocycles. The lowest BCUT2D eigenvalue weighted by Gasteiger charge is -2.09. The molecule has 1 amide bonds. The van der Waals surface area contributed by atoms with E-state index in [1.807, 2.05) is 30.3 Å². The summed E-state index contributed by atoms with van der Waals surface area (Å²) in [5.74, 6) is -1.55. The number of ether oxygens (including phenoxy) is 1. The van der Waals surface area contributed by atoms with Crippen molar-refractivity contribution in [1.82, 2.24) is 5.32 Å². The van der Waals surface area contributed by atoms with Gasteiger partial charge in [-0.2, -0.15) is 0 Å². The lowest BCUT2D eigenvalue weighted by Crippen LogP contribution is -2.23. The highest BCUT2D eigenvalue weighted by atomic mass is 19.2. The van der Waals surface area contributed by atoms with Gasteiger partial charge in [0.15, 0.2) is 11.6 Å². The van der Waals surface area contributed by atoms with Crippen molar-refractivity contribution in [1.29, 1.82) is 0 Å². The first-order valence-corrected chi connectivity index (χ1v) is 8.53. The monoisotopic (exact) mass is 367 g/mol. The Bertz CT molecular complexity index is 925. The lowest BCUT2D eigenvalue weighted by molar-refractivity contribution is 0.0950. The summed E-state index contributed by atoms with van der Waals surface area (Å²) in [6.45, 7) is 1.83. The van der Waals surface area contributed by atoms with Gasteiger partial charge in [0.1, 0.15) is 12.4 Å². The fraction of sp³-hybridized carbons (Fsp3) is 0.136. The Hall–Kier alpha value is -3.21. The van der Waals surface area contributed by atoms with Gasteiger partial charge in [0, 0.05) is 17.7 Å². The second kappa shape index (κ2) is 8.45. The van der Waals surface area contributed by atoms with E-state index in [9.17, 15) is 13.6 Å². The Kier molecular flexibility index (Phi) is 5.81. The molecule has 0 spiro atoms. The van der Waals surface area contributed by atoms with Crippen LogP contribution in [0.15, 0.2) is 66.7 Å². The largest absolute Gasteiger partial charge is 0.489 e. The standard InChI is InChI=1S/C22H19F2NO2/c1-15-7-8-18(21(24)20(15)23)13-25-22(26)17-9-11-19(12-10-17)27-14-16-5-3-2-4-6-16/h2-12H,13-14H2,1H3,(H,25,26). The molecule has 0 saturated heterocycles. The first-order valence-electron chi connectivity index (χ1n) is 8.53. The third-order valence-corrected chi connectivity index (χ3v) is 4.16. The molecule has 0 aromatic heterocycles. The summed E-state index contributed by atoms with van der Waals surface area (Å²) in [4.78, 5) is 12.2. The fourth-order valence-electron chi connectivity index (χ4n) is 2.54. The van der Waals surface area contributed by atoms with Gasteiger partial charge in [0.25, 0.3) is 5.91 Å². The van der Waals surface area contributed by atoms with Crippen LogP contribution in [0.5, 0.6) is 5.75 Å². The molecular weight excluding hydrogens is 348 g/mol. The Morgan fingerprint density at radius 3 is 2.33 bits per heavy atom. The summed E-state index contributed by atoms with van der Waals surface area (Å²) in [6.07, 6.45) is 0. The van der Waals surface area contributed by atoms with Crippen LogP contribution in [0.2, 0.25) is 0 Å². The van der Waals surface area contributed by atoms with E-state index in [0.29, 0.717) is 17.9 Å². The normalized spacial score (nSPS) is 10.5. The van der Waals surface area contributed by atoms with Crippen molar-refractivity contribution < 1.29 is 18.3 Å². The molecule has 0 heterocycles. The summed E-state index contributed by atoms with van der Waals surface area (Å²) >= 11 is 0. The van der Waals surface area contributed by atoms with Gasteiger partial charge in [0.05, 0.1) is 0 Å². The molecule has 0 aliphatic rings. The maximum absolute atomic E-state index is 13.9. The highest BCUT2D eigenvalue weighted by Gasteiger charge is 2.12. The van der Waals surface area contributed by atoms with Crippen LogP contribution in [0.25, 0.3) is 0 Å². The van der Waals surface area contributed by atoms with Gasteiger partial charge in [-0.3, -0.25) is 4.79 Å². The van der Waals surface area contributed by atoms with Gasteiger partial charge >= 0.3 is 0 Å². The number of hydrogen-bond acceptors (Lipinski definition) is 2. The van der Waals surface area contributed by atoms with Crippen molar-refractivity contribution in [2.75, 3.05) is 0 Å². The van der Waals surface area contributed by atoms with Crippen molar-refractivity contribution in [2.24, 2.45) is 0 Å². The molecule has 0 aliphatic heterocycles. The van der Waals surface area contributed by atoms with E-state index in [2.05, 4.69) is 5.32 Å². The number of carbonyl (C=O) groups excluding carboxylic acids is 1. The molecule has 5 heteroatoms. The molecule has 0 bridgehead atoms. The summed E-state index contributed by atoms with van der Waals surface area (Å²) < 4.78 is 33.1. The molecule has 3 aromatic carbocycles. The number of aryl methyl sites for hydroxylation is 1. The van der Waals surface area contributed by atoms with Crippen LogP contribution in [0, 0.1) is 18.6 Å². The molecule has 0 radical (unpaired) electrons. The molecular formula is C22H19F2NO2. The highest BCUT2D eigenvalue weighted by molar-refractivity contribution is 5.94. The number of carbonyl (C=O) groups is 1. The van der Waals surface area contributed by atoms with Crippen molar-refractivity contribution in [3.63, 3.8) is 0 Å².